The van der Waals surface area contributed by atoms with Gasteiger partial charge in [-0.25, -0.2) is 0 Å². The molecule has 0 spiro atoms. The van der Waals surface area contributed by atoms with Crippen LogP contribution < -0.4 is 0 Å². The van der Waals surface area contributed by atoms with Gasteiger partial charge in [0.15, 0.2) is 0 Å². The Morgan fingerprint density at radius 3 is 2.00 bits per heavy atom. The van der Waals surface area contributed by atoms with Crippen molar-refractivity contribution in [2.75, 3.05) is 6.61 Å². The summed E-state index contributed by atoms with van der Waals surface area (Å²) in [6, 6.07) is 0. The van der Waals surface area contributed by atoms with Gasteiger partial charge in [0.1, 0.15) is 6.10 Å². The molecule has 0 amide bonds. The number of hydrogen-bond acceptors (Lipinski definition) is 4. The molecule has 4 nitrogen and oxygen atoms in total. The molecular weight excluding hydrogens is 592 g/mol. The summed E-state index contributed by atoms with van der Waals surface area (Å²) < 4.78 is 6.37. The number of ether oxygens (including phenoxy) is 1. The second-order valence-electron chi connectivity index (χ2n) is 19.4. The number of esters is 1. The van der Waals surface area contributed by atoms with Crippen molar-refractivity contribution in [1.82, 2.24) is 0 Å². The van der Waals surface area contributed by atoms with Crippen molar-refractivity contribution in [3.8, 4) is 0 Å². The number of carbonyl (C=O) groups excluding carboxylic acids is 1. The third kappa shape index (κ3) is 6.52. The van der Waals surface area contributed by atoms with E-state index in [0.29, 0.717) is 36.0 Å². The van der Waals surface area contributed by atoms with E-state index >= 15 is 0 Å². The topological polar surface area (TPSA) is 66.8 Å². The fourth-order valence-corrected chi connectivity index (χ4v) is 14.0. The molecule has 0 aromatic carbocycles. The monoisotopic (exact) mass is 669 g/mol. The van der Waals surface area contributed by atoms with Gasteiger partial charge in [-0.1, -0.05) is 118 Å². The summed E-state index contributed by atoms with van der Waals surface area (Å²) in [5.41, 5.74) is 1.20. The van der Waals surface area contributed by atoms with E-state index in [0.717, 1.165) is 44.9 Å². The third-order valence-corrected chi connectivity index (χ3v) is 16.8. The number of aliphatic hydroxyl groups excluding tert-OH is 2. The zero-order valence-electron chi connectivity index (χ0n) is 32.5. The first kappa shape index (κ1) is 38.4. The van der Waals surface area contributed by atoms with E-state index in [-0.39, 0.29) is 45.8 Å². The molecular formula is C44H76O4. The summed E-state index contributed by atoms with van der Waals surface area (Å²) >= 11 is 0. The highest BCUT2D eigenvalue weighted by molar-refractivity contribution is 5.69. The number of rotatable bonds is 15. The number of unbranched alkanes of at least 4 members (excludes halogenated alkanes) is 10. The molecule has 4 heteroatoms. The Morgan fingerprint density at radius 1 is 0.771 bits per heavy atom. The van der Waals surface area contributed by atoms with Crippen LogP contribution in [-0.2, 0) is 9.53 Å². The summed E-state index contributed by atoms with van der Waals surface area (Å²) in [7, 11) is 0. The van der Waals surface area contributed by atoms with Gasteiger partial charge in [-0.3, -0.25) is 4.79 Å². The SMILES string of the molecule is C=C(C)C1CCC2(CO)C(O)CC3(C)C(CCC4C5(C)CCC(OC(=O)CCCCCCCCCCCCC)C(C)(C)C5CCC43C)C12. The lowest BCUT2D eigenvalue weighted by molar-refractivity contribution is -0.267. The maximum absolute atomic E-state index is 13.2. The lowest BCUT2D eigenvalue weighted by Gasteiger charge is -2.73. The van der Waals surface area contributed by atoms with Crippen LogP contribution in [0.5, 0.6) is 0 Å². The van der Waals surface area contributed by atoms with E-state index in [1.807, 2.05) is 0 Å². The first-order valence-electron chi connectivity index (χ1n) is 20.9. The molecule has 0 saturated heterocycles. The highest BCUT2D eigenvalue weighted by Gasteiger charge is 2.72. The highest BCUT2D eigenvalue weighted by atomic mass is 16.5. The van der Waals surface area contributed by atoms with E-state index in [1.165, 1.54) is 89.0 Å². The summed E-state index contributed by atoms with van der Waals surface area (Å²) in [6.45, 7) is 21.5. The molecule has 0 bridgehead atoms. The molecule has 0 aromatic rings. The fraction of sp³-hybridized carbons (Fsp3) is 0.932. The molecule has 48 heavy (non-hydrogen) atoms. The Hall–Kier alpha value is -0.870. The molecule has 5 saturated carbocycles. The Bertz CT molecular complexity index is 1110. The van der Waals surface area contributed by atoms with Crippen LogP contribution in [0.3, 0.4) is 0 Å². The minimum atomic E-state index is -0.453. The Balaban J connectivity index is 1.19. The largest absolute Gasteiger partial charge is 0.462 e. The van der Waals surface area contributed by atoms with Gasteiger partial charge in [0.2, 0.25) is 0 Å². The fourth-order valence-electron chi connectivity index (χ4n) is 14.0. The molecule has 2 N–H and O–H groups in total. The predicted octanol–water partition coefficient (Wildman–Crippen LogP) is 11.2. The van der Waals surface area contributed by atoms with Crippen LogP contribution in [0.15, 0.2) is 12.2 Å². The third-order valence-electron chi connectivity index (χ3n) is 16.8. The molecule has 276 valence electrons. The van der Waals surface area contributed by atoms with Crippen molar-refractivity contribution in [3.05, 3.63) is 12.2 Å². The van der Waals surface area contributed by atoms with Crippen molar-refractivity contribution in [2.24, 2.45) is 56.7 Å². The van der Waals surface area contributed by atoms with Crippen molar-refractivity contribution in [2.45, 2.75) is 196 Å². The van der Waals surface area contributed by atoms with Gasteiger partial charge in [0.05, 0.1) is 12.7 Å². The van der Waals surface area contributed by atoms with Gasteiger partial charge >= 0.3 is 5.97 Å². The summed E-state index contributed by atoms with van der Waals surface area (Å²) in [6.07, 6.45) is 24.0. The van der Waals surface area contributed by atoms with Crippen LogP contribution in [0.4, 0.5) is 0 Å². The average Bonchev–Trinajstić information content (AvgIpc) is 3.43. The molecule has 5 aliphatic carbocycles. The van der Waals surface area contributed by atoms with Gasteiger partial charge in [-0.2, -0.15) is 0 Å². The standard InChI is InChI=1S/C44H76O4/c1-9-10-11-12-13-14-15-16-17-18-19-20-38(47)48-37-25-26-41(6)34(40(37,4)5)24-27-42(7)35(41)22-21-33-39-32(31(2)3)23-28-44(39,30-45)36(46)29-43(33,42)8/h32-37,39,45-46H,2,9-30H2,1,3-8H3. The minimum Gasteiger partial charge on any atom is -0.462 e. The first-order chi connectivity index (χ1) is 22.7. The molecule has 11 atom stereocenters. The van der Waals surface area contributed by atoms with Gasteiger partial charge in [0.25, 0.3) is 0 Å². The van der Waals surface area contributed by atoms with Gasteiger partial charge in [-0.15, -0.1) is 0 Å². The lowest BCUT2D eigenvalue weighted by atomic mass is 9.32. The quantitative estimate of drug-likeness (QED) is 0.104. The maximum Gasteiger partial charge on any atom is 0.306 e. The van der Waals surface area contributed by atoms with Gasteiger partial charge in [0, 0.05) is 17.3 Å². The van der Waals surface area contributed by atoms with E-state index in [2.05, 4.69) is 55.0 Å². The van der Waals surface area contributed by atoms with Crippen LogP contribution in [0.2, 0.25) is 0 Å². The van der Waals surface area contributed by atoms with Crippen molar-refractivity contribution in [1.29, 1.82) is 0 Å². The van der Waals surface area contributed by atoms with Gasteiger partial charge in [-0.05, 0) is 117 Å². The van der Waals surface area contributed by atoms with Crippen molar-refractivity contribution >= 4 is 5.97 Å². The number of fused-ring (bicyclic) bond motifs is 7. The van der Waals surface area contributed by atoms with E-state index in [1.54, 1.807) is 0 Å². The second kappa shape index (κ2) is 15.0. The van der Waals surface area contributed by atoms with E-state index in [9.17, 15) is 15.0 Å². The number of hydrogen-bond donors (Lipinski definition) is 2. The molecule has 5 rings (SSSR count). The number of allylic oxidation sites excluding steroid dienone is 1. The smallest absolute Gasteiger partial charge is 0.306 e. The van der Waals surface area contributed by atoms with Crippen molar-refractivity contribution < 1.29 is 19.7 Å². The Labute approximate surface area is 296 Å². The number of carbonyl (C=O) groups is 1. The zero-order chi connectivity index (χ0) is 35.0. The Morgan fingerprint density at radius 2 is 1.40 bits per heavy atom. The minimum absolute atomic E-state index is 0.00329. The molecule has 0 heterocycles. The predicted molar refractivity (Wildman–Crippen MR) is 198 cm³/mol. The number of aliphatic hydroxyl groups is 2. The van der Waals surface area contributed by atoms with Crippen LogP contribution in [-0.4, -0.2) is 35.0 Å². The van der Waals surface area contributed by atoms with Crippen molar-refractivity contribution in [3.63, 3.8) is 0 Å². The van der Waals surface area contributed by atoms with Crippen LogP contribution >= 0.6 is 0 Å². The lowest BCUT2D eigenvalue weighted by Crippen LogP contribution is -2.68. The first-order valence-corrected chi connectivity index (χ1v) is 20.9. The molecule has 5 aliphatic rings. The molecule has 5 fully saturated rings. The summed E-state index contributed by atoms with van der Waals surface area (Å²) in [5, 5.41) is 22.8. The Kier molecular flexibility index (Phi) is 12.0. The van der Waals surface area contributed by atoms with E-state index < -0.39 is 6.10 Å². The van der Waals surface area contributed by atoms with Crippen LogP contribution in [0.25, 0.3) is 0 Å². The normalized spacial score (nSPS) is 43.1. The molecule has 11 unspecified atom stereocenters. The molecule has 0 aliphatic heterocycles. The van der Waals surface area contributed by atoms with Gasteiger partial charge < -0.3 is 14.9 Å². The van der Waals surface area contributed by atoms with Crippen LogP contribution in [0.1, 0.15) is 183 Å². The average molecular weight is 669 g/mol. The zero-order valence-corrected chi connectivity index (χ0v) is 32.5. The second-order valence-corrected chi connectivity index (χ2v) is 19.4. The maximum atomic E-state index is 13.2. The van der Waals surface area contributed by atoms with Crippen LogP contribution in [0, 0.1) is 56.7 Å². The van der Waals surface area contributed by atoms with E-state index in [4.69, 9.17) is 4.74 Å². The molecule has 0 aromatic heterocycles. The highest BCUT2D eigenvalue weighted by Crippen LogP contribution is 2.77. The molecule has 0 radical (unpaired) electrons. The summed E-state index contributed by atoms with van der Waals surface area (Å²) in [4.78, 5) is 13.2. The summed E-state index contributed by atoms with van der Waals surface area (Å²) in [5.74, 6) is 2.38.